The second kappa shape index (κ2) is 14.5. The monoisotopic (exact) mass is 645 g/mol. The number of nitrogens with zero attached hydrogens (tertiary/aromatic N) is 2. The van der Waals surface area contributed by atoms with Crippen LogP contribution in [0.1, 0.15) is 50.2 Å². The van der Waals surface area contributed by atoms with E-state index < -0.39 is 28.5 Å². The number of methoxy groups -OCH3 is 1. The Morgan fingerprint density at radius 1 is 0.977 bits per heavy atom. The molecule has 4 rings (SSSR count). The average Bonchev–Trinajstić information content (AvgIpc) is 3.00. The first kappa shape index (κ1) is 32.6. The molecule has 1 saturated carbocycles. The number of amides is 2. The Kier molecular flexibility index (Phi) is 11.0. The van der Waals surface area contributed by atoms with Gasteiger partial charge in [-0.15, -0.1) is 0 Å². The number of hydrogen-bond donors (Lipinski definition) is 1. The molecule has 1 fully saturated rings. The zero-order chi connectivity index (χ0) is 31.1. The van der Waals surface area contributed by atoms with Crippen molar-refractivity contribution in [2.45, 2.75) is 69.5 Å². The molecule has 1 N–H and O–H groups in total. The Morgan fingerprint density at radius 2 is 1.67 bits per heavy atom. The molecule has 1 atom stereocenters. The highest BCUT2D eigenvalue weighted by atomic mass is 35.5. The third-order valence-corrected chi connectivity index (χ3v) is 10.2. The summed E-state index contributed by atoms with van der Waals surface area (Å²) in [7, 11) is -2.71. The summed E-state index contributed by atoms with van der Waals surface area (Å²) in [6.45, 7) is 2.98. The van der Waals surface area contributed by atoms with Crippen molar-refractivity contribution in [3.05, 3.63) is 87.9 Å². The number of benzene rings is 3. The molecule has 1 unspecified atom stereocenters. The average molecular weight is 647 g/mol. The molecular weight excluding hydrogens is 609 g/mol. The van der Waals surface area contributed by atoms with Crippen molar-refractivity contribution in [3.63, 3.8) is 0 Å². The summed E-state index contributed by atoms with van der Waals surface area (Å²) < 4.78 is 34.4. The van der Waals surface area contributed by atoms with Gasteiger partial charge in [-0.05, 0) is 68.7 Å². The minimum atomic E-state index is -4.19. The molecule has 3 aromatic carbocycles. The number of nitrogens with one attached hydrogen (secondary N) is 1. The van der Waals surface area contributed by atoms with Crippen LogP contribution < -0.4 is 14.4 Å². The highest BCUT2D eigenvalue weighted by molar-refractivity contribution is 7.92. The lowest BCUT2D eigenvalue weighted by molar-refractivity contribution is -0.139. The molecule has 0 bridgehead atoms. The van der Waals surface area contributed by atoms with E-state index in [4.69, 9.17) is 27.9 Å². The fourth-order valence-corrected chi connectivity index (χ4v) is 6.84. The van der Waals surface area contributed by atoms with Gasteiger partial charge in [0, 0.05) is 18.7 Å². The van der Waals surface area contributed by atoms with Crippen molar-refractivity contribution >= 4 is 50.7 Å². The number of anilines is 1. The van der Waals surface area contributed by atoms with E-state index in [0.717, 1.165) is 42.0 Å². The van der Waals surface area contributed by atoms with Gasteiger partial charge in [0.25, 0.3) is 10.0 Å². The zero-order valence-corrected chi connectivity index (χ0v) is 26.9. The second-order valence-electron chi connectivity index (χ2n) is 10.8. The van der Waals surface area contributed by atoms with Gasteiger partial charge in [0.1, 0.15) is 18.3 Å². The van der Waals surface area contributed by atoms with E-state index in [2.05, 4.69) is 5.32 Å². The Hall–Kier alpha value is -3.27. The third-order valence-electron chi connectivity index (χ3n) is 7.68. The van der Waals surface area contributed by atoms with Crippen molar-refractivity contribution in [1.82, 2.24) is 10.2 Å². The molecule has 11 heteroatoms. The van der Waals surface area contributed by atoms with Gasteiger partial charge in [0.2, 0.25) is 11.8 Å². The Balaban J connectivity index is 1.70. The molecule has 0 radical (unpaired) electrons. The molecule has 230 valence electrons. The molecule has 0 spiro atoms. The molecule has 1 aliphatic rings. The van der Waals surface area contributed by atoms with E-state index >= 15 is 0 Å². The largest absolute Gasteiger partial charge is 0.497 e. The summed E-state index contributed by atoms with van der Waals surface area (Å²) in [5.41, 5.74) is 1.80. The van der Waals surface area contributed by atoms with Crippen LogP contribution in [0.25, 0.3) is 0 Å². The van der Waals surface area contributed by atoms with Crippen LogP contribution >= 0.6 is 23.2 Å². The molecular formula is C32H37Cl2N3O5S. The van der Waals surface area contributed by atoms with E-state index in [1.165, 1.54) is 24.1 Å². The van der Waals surface area contributed by atoms with Crippen LogP contribution in [0.15, 0.2) is 71.6 Å². The highest BCUT2D eigenvalue weighted by Gasteiger charge is 2.33. The van der Waals surface area contributed by atoms with Gasteiger partial charge in [0.15, 0.2) is 0 Å². The van der Waals surface area contributed by atoms with Crippen molar-refractivity contribution in [3.8, 4) is 5.75 Å². The zero-order valence-electron chi connectivity index (χ0n) is 24.6. The lowest BCUT2D eigenvalue weighted by Gasteiger charge is -2.33. The van der Waals surface area contributed by atoms with Gasteiger partial charge in [-0.3, -0.25) is 13.9 Å². The summed E-state index contributed by atoms with van der Waals surface area (Å²) >= 11 is 12.4. The van der Waals surface area contributed by atoms with Crippen molar-refractivity contribution in [2.75, 3.05) is 18.0 Å². The van der Waals surface area contributed by atoms with Crippen LogP contribution in [0.2, 0.25) is 10.0 Å². The number of carbonyl (C=O) groups excluding carboxylic acids is 2. The predicted molar refractivity (Wildman–Crippen MR) is 170 cm³/mol. The van der Waals surface area contributed by atoms with Gasteiger partial charge < -0.3 is 15.0 Å². The minimum absolute atomic E-state index is 0.0194. The third kappa shape index (κ3) is 8.22. The number of ether oxygens (including phenoxy) is 1. The van der Waals surface area contributed by atoms with Crippen LogP contribution in [0.4, 0.5) is 5.69 Å². The molecule has 0 aromatic heterocycles. The quantitative estimate of drug-likeness (QED) is 0.261. The van der Waals surface area contributed by atoms with Crippen LogP contribution in [0.5, 0.6) is 5.75 Å². The molecule has 0 saturated heterocycles. The summed E-state index contributed by atoms with van der Waals surface area (Å²) in [5, 5.41) is 3.77. The number of hydrogen-bond acceptors (Lipinski definition) is 5. The first-order valence-electron chi connectivity index (χ1n) is 14.3. The topological polar surface area (TPSA) is 96.0 Å². The second-order valence-corrected chi connectivity index (χ2v) is 13.5. The molecule has 8 nitrogen and oxygen atoms in total. The highest BCUT2D eigenvalue weighted by Crippen LogP contribution is 2.29. The lowest BCUT2D eigenvalue weighted by Crippen LogP contribution is -2.53. The van der Waals surface area contributed by atoms with Gasteiger partial charge in [-0.25, -0.2) is 8.42 Å². The molecule has 1 aliphatic carbocycles. The predicted octanol–water partition coefficient (Wildman–Crippen LogP) is 6.37. The summed E-state index contributed by atoms with van der Waals surface area (Å²) in [6, 6.07) is 17.1. The van der Waals surface area contributed by atoms with E-state index in [1.54, 1.807) is 61.5 Å². The van der Waals surface area contributed by atoms with E-state index in [-0.39, 0.29) is 29.1 Å². The summed E-state index contributed by atoms with van der Waals surface area (Å²) in [5.74, 6) is -0.424. The molecule has 3 aromatic rings. The van der Waals surface area contributed by atoms with Gasteiger partial charge in [-0.2, -0.15) is 0 Å². The van der Waals surface area contributed by atoms with Crippen molar-refractivity contribution < 1.29 is 22.7 Å². The molecule has 2 amide bonds. The van der Waals surface area contributed by atoms with Gasteiger partial charge in [-0.1, -0.05) is 72.3 Å². The molecule has 0 aliphatic heterocycles. The summed E-state index contributed by atoms with van der Waals surface area (Å²) in [6.07, 6.45) is 4.99. The smallest absolute Gasteiger partial charge is 0.264 e. The number of rotatable bonds is 11. The fraction of sp³-hybridized carbons (Fsp3) is 0.375. The SMILES string of the molecule is COc1cccc(N(CC(=O)N(Cc2ccc(Cl)c(Cl)c2)C(C)C(=O)NC2CCCCC2)S(=O)(=O)c2ccc(C)cc2)c1. The van der Waals surface area contributed by atoms with E-state index in [0.29, 0.717) is 21.4 Å². The number of carbonyl (C=O) groups is 2. The van der Waals surface area contributed by atoms with Crippen molar-refractivity contribution in [2.24, 2.45) is 0 Å². The van der Waals surface area contributed by atoms with Gasteiger partial charge in [0.05, 0.1) is 27.7 Å². The number of halogens is 2. The number of sulfonamides is 1. The maximum atomic E-state index is 14.2. The maximum Gasteiger partial charge on any atom is 0.264 e. The van der Waals surface area contributed by atoms with Crippen LogP contribution in [0, 0.1) is 6.92 Å². The van der Waals surface area contributed by atoms with E-state index in [1.807, 2.05) is 6.92 Å². The normalized spacial score (nSPS) is 14.5. The van der Waals surface area contributed by atoms with E-state index in [9.17, 15) is 18.0 Å². The Labute approximate surface area is 264 Å². The van der Waals surface area contributed by atoms with Crippen molar-refractivity contribution in [1.29, 1.82) is 0 Å². The standard InChI is InChI=1S/C32H37Cl2N3O5S/c1-22-12-15-28(16-13-22)43(40,41)37(26-10-7-11-27(19-26)42-3)21-31(38)36(20-24-14-17-29(33)30(34)18-24)23(2)32(39)35-25-8-5-4-6-9-25/h7,10-19,23,25H,4-6,8-9,20-21H2,1-3H3,(H,35,39). The lowest BCUT2D eigenvalue weighted by atomic mass is 9.95. The van der Waals surface area contributed by atoms with Gasteiger partial charge >= 0.3 is 0 Å². The molecule has 43 heavy (non-hydrogen) atoms. The van der Waals surface area contributed by atoms with Crippen LogP contribution in [-0.4, -0.2) is 50.9 Å². The minimum Gasteiger partial charge on any atom is -0.497 e. The Bertz CT molecular complexity index is 1540. The molecule has 0 heterocycles. The summed E-state index contributed by atoms with van der Waals surface area (Å²) in [4.78, 5) is 29.0. The maximum absolute atomic E-state index is 14.2. The van der Waals surface area contributed by atoms with Crippen LogP contribution in [-0.2, 0) is 26.2 Å². The fourth-order valence-electron chi connectivity index (χ4n) is 5.12. The van der Waals surface area contributed by atoms with Crippen LogP contribution in [0.3, 0.4) is 0 Å². The Morgan fingerprint density at radius 3 is 2.33 bits per heavy atom. The first-order chi connectivity index (χ1) is 20.5. The number of aryl methyl sites for hydroxylation is 1. The first-order valence-corrected chi connectivity index (χ1v) is 16.5.